The third-order valence-electron chi connectivity index (χ3n) is 6.15. The molecule has 0 saturated heterocycles. The average molecular weight is 275 g/mol. The minimum atomic E-state index is 0.532. The van der Waals surface area contributed by atoms with E-state index in [1.54, 1.807) is 0 Å². The minimum Gasteiger partial charge on any atom is -0.426 e. The third-order valence-corrected chi connectivity index (χ3v) is 6.15. The molecule has 0 spiro atoms. The molecule has 1 aromatic heterocycles. The Morgan fingerprint density at radius 3 is 2.25 bits per heavy atom. The normalized spacial score (nSPS) is 40.2. The average Bonchev–Trinajstić information content (AvgIpc) is 2.81. The van der Waals surface area contributed by atoms with Crippen molar-refractivity contribution in [3.63, 3.8) is 0 Å². The molecule has 4 aliphatic rings. The van der Waals surface area contributed by atoms with Crippen molar-refractivity contribution >= 4 is 0 Å². The van der Waals surface area contributed by atoms with E-state index >= 15 is 0 Å². The van der Waals surface area contributed by atoms with Crippen LogP contribution in [0.4, 0.5) is 0 Å². The molecule has 110 valence electrons. The molecule has 4 saturated carbocycles. The van der Waals surface area contributed by atoms with Gasteiger partial charge in [0.15, 0.2) is 0 Å². The standard InChI is InChI=1S/C16H25N3O/c1-9-18-19-15(20-9)7-14(8-17)16-12-3-10-2-11(5-12)6-13(16)4-10/h10-14,16H,2-8,17H2,1H3. The van der Waals surface area contributed by atoms with Crippen LogP contribution in [0.1, 0.15) is 43.9 Å². The van der Waals surface area contributed by atoms with Crippen LogP contribution in [0.2, 0.25) is 0 Å². The lowest BCUT2D eigenvalue weighted by atomic mass is 9.49. The number of aromatic nitrogens is 2. The quantitative estimate of drug-likeness (QED) is 0.917. The molecule has 1 unspecified atom stereocenters. The van der Waals surface area contributed by atoms with Crippen molar-refractivity contribution in [2.24, 2.45) is 41.2 Å². The molecule has 1 aromatic rings. The lowest BCUT2D eigenvalue weighted by Gasteiger charge is -2.56. The van der Waals surface area contributed by atoms with E-state index in [1.807, 2.05) is 6.92 Å². The molecule has 4 bridgehead atoms. The van der Waals surface area contributed by atoms with Gasteiger partial charge in [-0.25, -0.2) is 0 Å². The largest absolute Gasteiger partial charge is 0.426 e. The molecule has 4 aliphatic carbocycles. The number of nitrogens with zero attached hydrogens (tertiary/aromatic N) is 2. The fourth-order valence-electron chi connectivity index (χ4n) is 5.76. The third kappa shape index (κ3) is 2.09. The van der Waals surface area contributed by atoms with Gasteiger partial charge in [0.1, 0.15) is 0 Å². The molecule has 4 heteroatoms. The number of hydrogen-bond acceptors (Lipinski definition) is 4. The predicted octanol–water partition coefficient (Wildman–Crippen LogP) is 2.57. The Morgan fingerprint density at radius 1 is 1.10 bits per heavy atom. The van der Waals surface area contributed by atoms with Crippen molar-refractivity contribution in [1.82, 2.24) is 10.2 Å². The lowest BCUT2D eigenvalue weighted by molar-refractivity contribution is -0.0608. The van der Waals surface area contributed by atoms with Crippen LogP contribution in [0.3, 0.4) is 0 Å². The van der Waals surface area contributed by atoms with Crippen LogP contribution in [0.5, 0.6) is 0 Å². The topological polar surface area (TPSA) is 64.9 Å². The van der Waals surface area contributed by atoms with Crippen molar-refractivity contribution in [2.75, 3.05) is 6.54 Å². The second-order valence-electron chi connectivity index (χ2n) is 7.42. The zero-order valence-electron chi connectivity index (χ0n) is 12.3. The second kappa shape index (κ2) is 4.83. The van der Waals surface area contributed by atoms with Gasteiger partial charge in [-0.15, -0.1) is 10.2 Å². The Balaban J connectivity index is 1.52. The van der Waals surface area contributed by atoms with Crippen LogP contribution in [0, 0.1) is 42.4 Å². The van der Waals surface area contributed by atoms with E-state index in [0.717, 1.165) is 48.4 Å². The van der Waals surface area contributed by atoms with Crippen molar-refractivity contribution in [1.29, 1.82) is 0 Å². The van der Waals surface area contributed by atoms with Crippen LogP contribution in [0.25, 0.3) is 0 Å². The highest BCUT2D eigenvalue weighted by Gasteiger charge is 2.50. The molecule has 2 N–H and O–H groups in total. The van der Waals surface area contributed by atoms with Gasteiger partial charge in [0, 0.05) is 13.3 Å². The first-order valence-electron chi connectivity index (χ1n) is 8.22. The van der Waals surface area contributed by atoms with E-state index in [1.165, 1.54) is 32.1 Å². The van der Waals surface area contributed by atoms with Gasteiger partial charge in [0.25, 0.3) is 0 Å². The molecule has 0 amide bonds. The second-order valence-corrected chi connectivity index (χ2v) is 7.42. The van der Waals surface area contributed by atoms with Gasteiger partial charge in [-0.2, -0.15) is 0 Å². The predicted molar refractivity (Wildman–Crippen MR) is 75.8 cm³/mol. The Kier molecular flexibility index (Phi) is 3.09. The first-order valence-corrected chi connectivity index (χ1v) is 8.22. The summed E-state index contributed by atoms with van der Waals surface area (Å²) in [6.45, 7) is 2.62. The SMILES string of the molecule is Cc1nnc(CC(CN)C2C3CC4CC(C3)CC2C4)o1. The van der Waals surface area contributed by atoms with Crippen molar-refractivity contribution in [3.05, 3.63) is 11.8 Å². The van der Waals surface area contributed by atoms with E-state index in [2.05, 4.69) is 10.2 Å². The smallest absolute Gasteiger partial charge is 0.216 e. The number of nitrogens with two attached hydrogens (primary N) is 1. The monoisotopic (exact) mass is 275 g/mol. The van der Waals surface area contributed by atoms with Crippen LogP contribution in [-0.2, 0) is 6.42 Å². The van der Waals surface area contributed by atoms with Crippen LogP contribution in [0.15, 0.2) is 4.42 Å². The van der Waals surface area contributed by atoms with E-state index in [9.17, 15) is 0 Å². The molecule has 4 nitrogen and oxygen atoms in total. The summed E-state index contributed by atoms with van der Waals surface area (Å²) in [4.78, 5) is 0. The van der Waals surface area contributed by atoms with E-state index in [-0.39, 0.29) is 0 Å². The fourth-order valence-corrected chi connectivity index (χ4v) is 5.76. The Hall–Kier alpha value is -0.900. The van der Waals surface area contributed by atoms with Gasteiger partial charge in [-0.3, -0.25) is 0 Å². The zero-order valence-corrected chi connectivity index (χ0v) is 12.3. The molecule has 0 aliphatic heterocycles. The maximum atomic E-state index is 6.12. The van der Waals surface area contributed by atoms with Crippen molar-refractivity contribution in [2.45, 2.75) is 45.4 Å². The summed E-state index contributed by atoms with van der Waals surface area (Å²) in [6, 6.07) is 0. The summed E-state index contributed by atoms with van der Waals surface area (Å²) in [5.41, 5.74) is 6.12. The molecule has 4 fully saturated rings. The molecule has 0 aromatic carbocycles. The van der Waals surface area contributed by atoms with Gasteiger partial charge in [0.2, 0.25) is 11.8 Å². The van der Waals surface area contributed by atoms with Gasteiger partial charge in [-0.05, 0) is 74.2 Å². The van der Waals surface area contributed by atoms with Crippen molar-refractivity contribution < 1.29 is 4.42 Å². The van der Waals surface area contributed by atoms with Crippen molar-refractivity contribution in [3.8, 4) is 0 Å². The highest BCUT2D eigenvalue weighted by Crippen LogP contribution is 2.58. The maximum absolute atomic E-state index is 6.12. The molecule has 0 radical (unpaired) electrons. The highest BCUT2D eigenvalue weighted by atomic mass is 16.4. The molecular weight excluding hydrogens is 250 g/mol. The van der Waals surface area contributed by atoms with E-state index in [4.69, 9.17) is 10.2 Å². The molecular formula is C16H25N3O. The number of hydrogen-bond donors (Lipinski definition) is 1. The van der Waals surface area contributed by atoms with Crippen LogP contribution >= 0.6 is 0 Å². The van der Waals surface area contributed by atoms with E-state index in [0.29, 0.717) is 11.8 Å². The van der Waals surface area contributed by atoms with E-state index < -0.39 is 0 Å². The maximum Gasteiger partial charge on any atom is 0.216 e. The van der Waals surface area contributed by atoms with Crippen LogP contribution in [-0.4, -0.2) is 16.7 Å². The molecule has 20 heavy (non-hydrogen) atoms. The molecule has 1 atom stereocenters. The Bertz CT molecular complexity index is 456. The Labute approximate surface area is 120 Å². The lowest BCUT2D eigenvalue weighted by Crippen LogP contribution is -2.49. The van der Waals surface area contributed by atoms with Gasteiger partial charge >= 0.3 is 0 Å². The Morgan fingerprint density at radius 2 is 1.75 bits per heavy atom. The molecule has 5 rings (SSSR count). The summed E-state index contributed by atoms with van der Waals surface area (Å²) in [5, 5.41) is 8.13. The van der Waals surface area contributed by atoms with Gasteiger partial charge < -0.3 is 10.2 Å². The number of aryl methyl sites for hydroxylation is 1. The minimum absolute atomic E-state index is 0.532. The first-order chi connectivity index (χ1) is 9.72. The summed E-state index contributed by atoms with van der Waals surface area (Å²) in [7, 11) is 0. The molecule has 1 heterocycles. The first kappa shape index (κ1) is 12.8. The zero-order chi connectivity index (χ0) is 13.7. The fraction of sp³-hybridized carbons (Fsp3) is 0.875. The summed E-state index contributed by atoms with van der Waals surface area (Å²) in [5.74, 6) is 6.68. The summed E-state index contributed by atoms with van der Waals surface area (Å²) in [6.07, 6.45) is 8.21. The summed E-state index contributed by atoms with van der Waals surface area (Å²) >= 11 is 0. The van der Waals surface area contributed by atoms with Crippen LogP contribution < -0.4 is 5.73 Å². The van der Waals surface area contributed by atoms with Gasteiger partial charge in [-0.1, -0.05) is 0 Å². The highest BCUT2D eigenvalue weighted by molar-refractivity contribution is 5.01. The number of rotatable bonds is 4. The van der Waals surface area contributed by atoms with Gasteiger partial charge in [0.05, 0.1) is 0 Å². The summed E-state index contributed by atoms with van der Waals surface area (Å²) < 4.78 is 5.58.